The van der Waals surface area contributed by atoms with E-state index in [0.29, 0.717) is 6.54 Å². The summed E-state index contributed by atoms with van der Waals surface area (Å²) in [6, 6.07) is 13.9. The quantitative estimate of drug-likeness (QED) is 0.415. The molecule has 5 rings (SSSR count). The van der Waals surface area contributed by atoms with Crippen LogP contribution in [0, 0.1) is 5.92 Å². The van der Waals surface area contributed by atoms with Crippen molar-refractivity contribution in [3.63, 3.8) is 0 Å². The largest absolute Gasteiger partial charge is 0.489 e. The molecule has 3 aromatic rings. The molecule has 2 heterocycles. The highest BCUT2D eigenvalue weighted by atomic mass is 16.5. The predicted molar refractivity (Wildman–Crippen MR) is 127 cm³/mol. The molecule has 5 atom stereocenters. The third-order valence-corrected chi connectivity index (χ3v) is 6.89. The Morgan fingerprint density at radius 3 is 2.85 bits per heavy atom. The van der Waals surface area contributed by atoms with Crippen LogP contribution in [0.3, 0.4) is 0 Å². The lowest BCUT2D eigenvalue weighted by molar-refractivity contribution is -0.139. The number of aliphatic hydroxyl groups is 1. The SMILES string of the molecule is C[C@@H](OCC(O)CNC(C)(C)Cc1ccc2occc2c1)c1cccc2c1[C@@H]1[C@H](O2)[C@H]1C(=O)O. The monoisotopic (exact) mass is 465 g/mol. The van der Waals surface area contributed by atoms with Crippen LogP contribution in [-0.2, 0) is 16.0 Å². The zero-order valence-electron chi connectivity index (χ0n) is 19.7. The van der Waals surface area contributed by atoms with E-state index >= 15 is 0 Å². The van der Waals surface area contributed by atoms with Gasteiger partial charge in [0.2, 0.25) is 0 Å². The number of carboxylic acid groups (broad SMARTS) is 1. The normalized spacial score (nSPS) is 22.6. The first-order valence-electron chi connectivity index (χ1n) is 11.8. The second-order valence-electron chi connectivity index (χ2n) is 10.1. The predicted octanol–water partition coefficient (Wildman–Crippen LogP) is 4.04. The molecule has 1 fully saturated rings. The van der Waals surface area contributed by atoms with E-state index in [1.54, 1.807) is 6.26 Å². The molecule has 0 spiro atoms. The molecule has 1 aliphatic carbocycles. The number of aliphatic hydroxyl groups excluding tert-OH is 1. The van der Waals surface area contributed by atoms with Gasteiger partial charge in [-0.05, 0) is 62.6 Å². The summed E-state index contributed by atoms with van der Waals surface area (Å²) in [5.41, 5.74) is 3.74. The summed E-state index contributed by atoms with van der Waals surface area (Å²) in [5.74, 6) is -0.661. The van der Waals surface area contributed by atoms with Crippen molar-refractivity contribution < 1.29 is 28.9 Å². The Hall–Kier alpha value is -2.87. The molecule has 0 saturated heterocycles. The fourth-order valence-electron chi connectivity index (χ4n) is 5.09. The number of nitrogens with one attached hydrogen (secondary N) is 1. The molecule has 2 aliphatic rings. The first-order valence-corrected chi connectivity index (χ1v) is 11.8. The number of fused-ring (bicyclic) bond motifs is 4. The van der Waals surface area contributed by atoms with Crippen LogP contribution >= 0.6 is 0 Å². The fraction of sp³-hybridized carbons (Fsp3) is 0.444. The zero-order valence-corrected chi connectivity index (χ0v) is 19.7. The highest BCUT2D eigenvalue weighted by Crippen LogP contribution is 2.60. The van der Waals surface area contributed by atoms with Crippen LogP contribution in [0.1, 0.15) is 49.5 Å². The highest BCUT2D eigenvalue weighted by Gasteiger charge is 2.63. The first-order chi connectivity index (χ1) is 16.2. The van der Waals surface area contributed by atoms with Crippen molar-refractivity contribution in [3.05, 3.63) is 65.4 Å². The topological polar surface area (TPSA) is 101 Å². The summed E-state index contributed by atoms with van der Waals surface area (Å²) in [6.07, 6.45) is 1.27. The Morgan fingerprint density at radius 2 is 2.06 bits per heavy atom. The van der Waals surface area contributed by atoms with E-state index in [2.05, 4.69) is 31.3 Å². The highest BCUT2D eigenvalue weighted by molar-refractivity contribution is 5.79. The molecule has 3 N–H and O–H groups in total. The van der Waals surface area contributed by atoms with Crippen molar-refractivity contribution >= 4 is 16.9 Å². The summed E-state index contributed by atoms with van der Waals surface area (Å²) in [7, 11) is 0. The van der Waals surface area contributed by atoms with Gasteiger partial charge in [-0.1, -0.05) is 18.2 Å². The molecule has 7 heteroatoms. The van der Waals surface area contributed by atoms with Gasteiger partial charge >= 0.3 is 5.97 Å². The number of ether oxygens (including phenoxy) is 2. The van der Waals surface area contributed by atoms with Crippen LogP contribution < -0.4 is 10.1 Å². The van der Waals surface area contributed by atoms with Gasteiger partial charge < -0.3 is 29.4 Å². The molecule has 34 heavy (non-hydrogen) atoms. The Bertz CT molecular complexity index is 1200. The van der Waals surface area contributed by atoms with Gasteiger partial charge in [-0.15, -0.1) is 0 Å². The molecule has 7 nitrogen and oxygen atoms in total. The maximum atomic E-state index is 11.4. The van der Waals surface area contributed by atoms with Crippen molar-refractivity contribution in [1.82, 2.24) is 5.32 Å². The molecule has 0 radical (unpaired) electrons. The second-order valence-corrected chi connectivity index (χ2v) is 10.1. The molecule has 0 bridgehead atoms. The number of benzene rings is 2. The number of carbonyl (C=O) groups is 1. The van der Waals surface area contributed by atoms with Gasteiger partial charge in [0.15, 0.2) is 0 Å². The fourth-order valence-corrected chi connectivity index (χ4v) is 5.09. The summed E-state index contributed by atoms with van der Waals surface area (Å²) < 4.78 is 17.2. The lowest BCUT2D eigenvalue weighted by atomic mass is 9.94. The Balaban J connectivity index is 1.14. The lowest BCUT2D eigenvalue weighted by Gasteiger charge is -2.28. The molecule has 1 aromatic heterocycles. The minimum Gasteiger partial charge on any atom is -0.489 e. The Morgan fingerprint density at radius 1 is 1.24 bits per heavy atom. The molecule has 1 saturated carbocycles. The number of hydrogen-bond acceptors (Lipinski definition) is 6. The first kappa shape index (κ1) is 22.9. The summed E-state index contributed by atoms with van der Waals surface area (Å²) in [5, 5.41) is 24.5. The minimum absolute atomic E-state index is 0.108. The summed E-state index contributed by atoms with van der Waals surface area (Å²) in [6.45, 7) is 6.72. The number of furan rings is 1. The van der Waals surface area contributed by atoms with E-state index in [-0.39, 0.29) is 30.3 Å². The van der Waals surface area contributed by atoms with Crippen LogP contribution in [0.4, 0.5) is 0 Å². The van der Waals surface area contributed by atoms with E-state index in [9.17, 15) is 15.0 Å². The van der Waals surface area contributed by atoms with Gasteiger partial charge in [0.1, 0.15) is 23.4 Å². The van der Waals surface area contributed by atoms with Gasteiger partial charge in [0, 0.05) is 29.0 Å². The van der Waals surface area contributed by atoms with Gasteiger partial charge in [0.25, 0.3) is 0 Å². The number of aliphatic carboxylic acids is 1. The van der Waals surface area contributed by atoms with Gasteiger partial charge in [-0.25, -0.2) is 0 Å². The minimum atomic E-state index is -0.821. The Labute approximate surface area is 198 Å². The maximum absolute atomic E-state index is 11.4. The zero-order chi connectivity index (χ0) is 24.0. The van der Waals surface area contributed by atoms with Gasteiger partial charge in [0.05, 0.1) is 25.1 Å². The summed E-state index contributed by atoms with van der Waals surface area (Å²) in [4.78, 5) is 11.4. The number of β-amino-alcohol motifs (C(OH)–C–C–N with tert-alkyl or cyclic N) is 1. The molecule has 1 unspecified atom stereocenters. The van der Waals surface area contributed by atoms with Crippen LogP contribution in [0.25, 0.3) is 11.0 Å². The Kier molecular flexibility index (Phi) is 5.88. The van der Waals surface area contributed by atoms with Crippen molar-refractivity contribution in [2.45, 2.75) is 57.0 Å². The average molecular weight is 466 g/mol. The number of hydrogen-bond donors (Lipinski definition) is 3. The van der Waals surface area contributed by atoms with E-state index in [1.807, 2.05) is 37.3 Å². The van der Waals surface area contributed by atoms with Gasteiger partial charge in [-0.2, -0.15) is 0 Å². The molecular weight excluding hydrogens is 434 g/mol. The van der Waals surface area contributed by atoms with Crippen molar-refractivity contribution in [2.24, 2.45) is 5.92 Å². The van der Waals surface area contributed by atoms with E-state index in [0.717, 1.165) is 34.3 Å². The molecule has 0 amide bonds. The van der Waals surface area contributed by atoms with E-state index < -0.39 is 18.0 Å². The standard InChI is InChI=1S/C27H31NO6/c1-15(19-5-4-6-21-22(19)23-24(26(30)31)25(23)34-21)33-14-18(29)13-28-27(2,3)12-16-7-8-20-17(11-16)9-10-32-20/h4-11,15,18,23-25,28-29H,12-14H2,1-3H3,(H,30,31)/t15-,18?,23+,24+,25+/m1/s1. The number of rotatable bonds is 10. The maximum Gasteiger partial charge on any atom is 0.311 e. The van der Waals surface area contributed by atoms with Gasteiger partial charge in [-0.3, -0.25) is 4.79 Å². The van der Waals surface area contributed by atoms with Crippen LogP contribution in [-0.4, -0.2) is 47.1 Å². The molecule has 1 aliphatic heterocycles. The third-order valence-electron chi connectivity index (χ3n) is 6.89. The molecule has 180 valence electrons. The summed E-state index contributed by atoms with van der Waals surface area (Å²) >= 11 is 0. The lowest BCUT2D eigenvalue weighted by Crippen LogP contribution is -2.46. The van der Waals surface area contributed by atoms with Crippen LogP contribution in [0.5, 0.6) is 5.75 Å². The number of carboxylic acids is 1. The second kappa shape index (κ2) is 8.73. The third kappa shape index (κ3) is 4.43. The average Bonchev–Trinajstić information content (AvgIpc) is 3.12. The van der Waals surface area contributed by atoms with Crippen molar-refractivity contribution in [3.8, 4) is 5.75 Å². The van der Waals surface area contributed by atoms with Crippen molar-refractivity contribution in [2.75, 3.05) is 13.2 Å². The van der Waals surface area contributed by atoms with E-state index in [4.69, 9.17) is 13.9 Å². The van der Waals surface area contributed by atoms with Crippen LogP contribution in [0.15, 0.2) is 53.1 Å². The van der Waals surface area contributed by atoms with E-state index in [1.165, 1.54) is 5.56 Å². The molecule has 2 aromatic carbocycles. The molecular formula is C27H31NO6. The van der Waals surface area contributed by atoms with Crippen molar-refractivity contribution in [1.29, 1.82) is 0 Å². The smallest absolute Gasteiger partial charge is 0.311 e. The van der Waals surface area contributed by atoms with Crippen LogP contribution in [0.2, 0.25) is 0 Å².